The molecule has 0 unspecified atom stereocenters. The Bertz CT molecular complexity index is 1990. The maximum absolute atomic E-state index is 14.0. The van der Waals surface area contributed by atoms with Crippen LogP contribution in [0.4, 0.5) is 24.5 Å². The van der Waals surface area contributed by atoms with Crippen LogP contribution in [0.15, 0.2) is 79.0 Å². The van der Waals surface area contributed by atoms with E-state index >= 15 is 0 Å². The molecule has 2 N–H and O–H groups in total. The number of hydrogen-bond donors (Lipinski definition) is 2. The fourth-order valence-corrected chi connectivity index (χ4v) is 6.57. The van der Waals surface area contributed by atoms with Crippen LogP contribution in [0.3, 0.4) is 0 Å². The van der Waals surface area contributed by atoms with Crippen molar-refractivity contribution in [2.24, 2.45) is 0 Å². The van der Waals surface area contributed by atoms with Crippen LogP contribution in [0.2, 0.25) is 10.0 Å². The van der Waals surface area contributed by atoms with Gasteiger partial charge in [0, 0.05) is 35.9 Å². The van der Waals surface area contributed by atoms with E-state index in [-0.39, 0.29) is 27.1 Å². The van der Waals surface area contributed by atoms with Crippen molar-refractivity contribution >= 4 is 57.2 Å². The molecule has 0 radical (unpaired) electrons. The Balaban J connectivity index is 1.37. The third-order valence-corrected chi connectivity index (χ3v) is 9.21. The van der Waals surface area contributed by atoms with E-state index in [1.807, 2.05) is 18.2 Å². The number of nitrogens with zero attached hydrogens (tertiary/aromatic N) is 4. The van der Waals surface area contributed by atoms with E-state index < -0.39 is 29.4 Å². The van der Waals surface area contributed by atoms with Crippen LogP contribution in [0.25, 0.3) is 16.6 Å². The number of benzene rings is 3. The van der Waals surface area contributed by atoms with Crippen LogP contribution in [0, 0.1) is 0 Å². The molecule has 0 aliphatic heterocycles. The molecule has 48 heavy (non-hydrogen) atoms. The number of fused-ring (bicyclic) bond motifs is 1. The van der Waals surface area contributed by atoms with Crippen molar-refractivity contribution in [3.05, 3.63) is 112 Å². The van der Waals surface area contributed by atoms with Crippen LogP contribution in [-0.2, 0) is 12.7 Å². The lowest BCUT2D eigenvalue weighted by atomic mass is 9.94. The third-order valence-electron chi connectivity index (χ3n) is 8.52. The Morgan fingerprint density at radius 1 is 0.938 bits per heavy atom. The molecular formula is C35H31Cl2F3N6O2. The first-order chi connectivity index (χ1) is 23.0. The van der Waals surface area contributed by atoms with Crippen molar-refractivity contribution in [2.75, 3.05) is 17.7 Å². The minimum Gasteiger partial charge on any atom is -0.322 e. The molecule has 2 heterocycles. The number of nitrogens with one attached hydrogen (secondary N) is 2. The van der Waals surface area contributed by atoms with Crippen LogP contribution >= 0.6 is 23.2 Å². The molecule has 3 aromatic carbocycles. The first-order valence-electron chi connectivity index (χ1n) is 15.4. The second-order valence-corrected chi connectivity index (χ2v) is 12.5. The lowest BCUT2D eigenvalue weighted by molar-refractivity contribution is -0.141. The summed E-state index contributed by atoms with van der Waals surface area (Å²) in [5.74, 6) is -1.76. The average molecular weight is 696 g/mol. The molecule has 2 aromatic heterocycles. The summed E-state index contributed by atoms with van der Waals surface area (Å²) in [4.78, 5) is 34.2. The van der Waals surface area contributed by atoms with Crippen molar-refractivity contribution in [1.29, 1.82) is 0 Å². The van der Waals surface area contributed by atoms with Crippen molar-refractivity contribution < 1.29 is 22.8 Å². The number of carbonyl (C=O) groups is 2. The molecular weight excluding hydrogens is 664 g/mol. The normalized spacial score (nSPS) is 14.0. The minimum absolute atomic E-state index is 0.0143. The fraction of sp³-hybridized carbons (Fsp3) is 0.257. The molecule has 6 rings (SSSR count). The summed E-state index contributed by atoms with van der Waals surface area (Å²) in [7, 11) is 2.08. The standard InChI is InChI=1S/C35H31Cl2F3N6O2/c1-45(23-12-3-2-4-13-23)20-22-11-6-8-16-27(22)42-33(47)25-18-21-10-5-7-14-24(21)30(37)31(25)43-34(48)28-19-29(35(38,39)40)44-46(28)32-26(36)15-9-17-41-32/h5-11,14-19,23H,2-4,12-13,20H2,1H3,(H,42,47)(H,43,48). The number of anilines is 2. The summed E-state index contributed by atoms with van der Waals surface area (Å²) in [6.45, 7) is 0.616. The molecule has 1 aliphatic carbocycles. The minimum atomic E-state index is -4.87. The Labute approximate surface area is 284 Å². The number of aromatic nitrogens is 3. The summed E-state index contributed by atoms with van der Waals surface area (Å²) >= 11 is 13.1. The monoisotopic (exact) mass is 694 g/mol. The molecule has 0 spiro atoms. The maximum atomic E-state index is 14.0. The molecule has 2 amide bonds. The summed E-state index contributed by atoms with van der Waals surface area (Å²) in [6.07, 6.45) is 2.32. The molecule has 8 nitrogen and oxygen atoms in total. The van der Waals surface area contributed by atoms with E-state index in [2.05, 4.69) is 32.7 Å². The van der Waals surface area contributed by atoms with Crippen molar-refractivity contribution in [3.63, 3.8) is 0 Å². The zero-order chi connectivity index (χ0) is 34.0. The summed E-state index contributed by atoms with van der Waals surface area (Å²) in [5, 5.41) is 10.3. The van der Waals surface area contributed by atoms with Gasteiger partial charge >= 0.3 is 6.18 Å². The number of para-hydroxylation sites is 1. The molecule has 13 heteroatoms. The highest BCUT2D eigenvalue weighted by Gasteiger charge is 2.37. The van der Waals surface area contributed by atoms with Gasteiger partial charge in [-0.3, -0.25) is 14.5 Å². The zero-order valence-electron chi connectivity index (χ0n) is 25.8. The number of amides is 2. The quantitative estimate of drug-likeness (QED) is 0.169. The first kappa shape index (κ1) is 33.5. The van der Waals surface area contributed by atoms with Gasteiger partial charge < -0.3 is 10.6 Å². The van der Waals surface area contributed by atoms with Crippen molar-refractivity contribution in [1.82, 2.24) is 19.7 Å². The number of pyridine rings is 1. The van der Waals surface area contributed by atoms with Crippen LogP contribution in [0.5, 0.6) is 0 Å². The fourth-order valence-electron chi connectivity index (χ4n) is 6.05. The predicted octanol–water partition coefficient (Wildman–Crippen LogP) is 9.02. The Morgan fingerprint density at radius 2 is 1.67 bits per heavy atom. The van der Waals surface area contributed by atoms with Gasteiger partial charge in [-0.2, -0.15) is 18.3 Å². The highest BCUT2D eigenvalue weighted by Crippen LogP contribution is 2.37. The molecule has 248 valence electrons. The zero-order valence-corrected chi connectivity index (χ0v) is 27.3. The van der Waals surface area contributed by atoms with Crippen molar-refractivity contribution in [2.45, 2.75) is 50.9 Å². The second kappa shape index (κ2) is 14.0. The van der Waals surface area contributed by atoms with Gasteiger partial charge in [0.15, 0.2) is 11.5 Å². The maximum Gasteiger partial charge on any atom is 0.435 e. The number of hydrogen-bond acceptors (Lipinski definition) is 5. The molecule has 0 atom stereocenters. The lowest BCUT2D eigenvalue weighted by Gasteiger charge is -2.31. The summed E-state index contributed by atoms with van der Waals surface area (Å²) in [6, 6.07) is 20.0. The highest BCUT2D eigenvalue weighted by atomic mass is 35.5. The van der Waals surface area contributed by atoms with Crippen molar-refractivity contribution in [3.8, 4) is 5.82 Å². The summed E-state index contributed by atoms with van der Waals surface area (Å²) < 4.78 is 42.1. The van der Waals surface area contributed by atoms with Gasteiger partial charge in [0.1, 0.15) is 5.69 Å². The Morgan fingerprint density at radius 3 is 2.42 bits per heavy atom. The van der Waals surface area contributed by atoms with Crippen LogP contribution in [0.1, 0.15) is 64.2 Å². The largest absolute Gasteiger partial charge is 0.435 e. The van der Waals surface area contributed by atoms with Gasteiger partial charge in [-0.1, -0.05) is 84.9 Å². The smallest absolute Gasteiger partial charge is 0.322 e. The first-order valence-corrected chi connectivity index (χ1v) is 16.2. The Hall–Kier alpha value is -4.45. The third kappa shape index (κ3) is 7.03. The van der Waals surface area contributed by atoms with E-state index in [1.54, 1.807) is 36.4 Å². The van der Waals surface area contributed by atoms with Gasteiger partial charge in [0.2, 0.25) is 0 Å². The second-order valence-electron chi connectivity index (χ2n) is 11.7. The van der Waals surface area contributed by atoms with Gasteiger partial charge in [0.25, 0.3) is 11.8 Å². The summed E-state index contributed by atoms with van der Waals surface area (Å²) in [5.41, 5.74) is -0.415. The van der Waals surface area contributed by atoms with E-state index in [9.17, 15) is 22.8 Å². The van der Waals surface area contributed by atoms with E-state index in [0.717, 1.165) is 18.4 Å². The van der Waals surface area contributed by atoms with E-state index in [0.29, 0.717) is 39.8 Å². The topological polar surface area (TPSA) is 92.2 Å². The highest BCUT2D eigenvalue weighted by molar-refractivity contribution is 6.40. The molecule has 0 saturated heterocycles. The van der Waals surface area contributed by atoms with Crippen LogP contribution in [-0.4, -0.2) is 44.6 Å². The van der Waals surface area contributed by atoms with Gasteiger partial charge in [-0.25, -0.2) is 9.67 Å². The number of carbonyl (C=O) groups excluding carboxylic acids is 2. The molecule has 1 aliphatic rings. The lowest BCUT2D eigenvalue weighted by Crippen LogP contribution is -2.33. The number of rotatable bonds is 8. The number of halogens is 5. The molecule has 1 fully saturated rings. The molecule has 0 bridgehead atoms. The van der Waals surface area contributed by atoms with Crippen LogP contribution < -0.4 is 10.6 Å². The van der Waals surface area contributed by atoms with Gasteiger partial charge in [-0.15, -0.1) is 0 Å². The predicted molar refractivity (Wildman–Crippen MR) is 181 cm³/mol. The van der Waals surface area contributed by atoms with Gasteiger partial charge in [-0.05, 0) is 55.1 Å². The Kier molecular flexibility index (Phi) is 9.73. The SMILES string of the molecule is CN(Cc1ccccc1NC(=O)c1cc2ccccc2c(Cl)c1NC(=O)c1cc(C(F)(F)F)nn1-c1ncccc1Cl)C1CCCCC1. The average Bonchev–Trinajstić information content (AvgIpc) is 3.54. The van der Waals surface area contributed by atoms with Gasteiger partial charge in [0.05, 0.1) is 21.3 Å². The van der Waals surface area contributed by atoms with E-state index in [1.165, 1.54) is 37.6 Å². The molecule has 5 aromatic rings. The number of alkyl halides is 3. The molecule has 1 saturated carbocycles. The van der Waals surface area contributed by atoms with E-state index in [4.69, 9.17) is 23.2 Å².